The molecule has 2 heterocycles. The Morgan fingerprint density at radius 2 is 2.05 bits per heavy atom. The number of hydrazine groups is 1. The summed E-state index contributed by atoms with van der Waals surface area (Å²) in [6.45, 7) is 1.77. The molecular weight excluding hydrogens is 288 g/mol. The number of H-pyrrole nitrogens is 1. The van der Waals surface area contributed by atoms with Crippen molar-refractivity contribution in [3.8, 4) is 0 Å². The Balaban J connectivity index is 2.12. The highest BCUT2D eigenvalue weighted by Crippen LogP contribution is 2.29. The summed E-state index contributed by atoms with van der Waals surface area (Å²) >= 11 is 1.26. The van der Waals surface area contributed by atoms with Crippen LogP contribution in [-0.4, -0.2) is 19.9 Å². The summed E-state index contributed by atoms with van der Waals surface area (Å²) in [4.78, 5) is 27.1. The van der Waals surface area contributed by atoms with Crippen LogP contribution in [0.15, 0.2) is 45.3 Å². The van der Waals surface area contributed by atoms with Gasteiger partial charge in [0.05, 0.1) is 5.52 Å². The lowest BCUT2D eigenvalue weighted by Gasteiger charge is -2.07. The Hall–Kier alpha value is -2.45. The first-order valence-electron chi connectivity index (χ1n) is 6.15. The molecule has 0 saturated carbocycles. The summed E-state index contributed by atoms with van der Waals surface area (Å²) in [6, 6.07) is 9.00. The number of nitrogens with two attached hydrogens (primary N) is 1. The second kappa shape index (κ2) is 5.51. The molecule has 4 N–H and O–H groups in total. The fourth-order valence-corrected chi connectivity index (χ4v) is 2.82. The lowest BCUT2D eigenvalue weighted by molar-refractivity contribution is 0.902. The summed E-state index contributed by atoms with van der Waals surface area (Å²) in [6.07, 6.45) is 0. The van der Waals surface area contributed by atoms with Gasteiger partial charge in [0.25, 0.3) is 5.56 Å². The maximum absolute atomic E-state index is 11.5. The van der Waals surface area contributed by atoms with Gasteiger partial charge < -0.3 is 4.98 Å². The van der Waals surface area contributed by atoms with Crippen molar-refractivity contribution in [1.29, 1.82) is 0 Å². The summed E-state index contributed by atoms with van der Waals surface area (Å²) < 4.78 is 0. The zero-order valence-electron chi connectivity index (χ0n) is 11.1. The van der Waals surface area contributed by atoms with Crippen molar-refractivity contribution in [2.75, 3.05) is 5.43 Å². The molecule has 3 rings (SSSR count). The van der Waals surface area contributed by atoms with Gasteiger partial charge in [-0.05, 0) is 24.8 Å². The molecule has 0 unspecified atom stereocenters. The van der Waals surface area contributed by atoms with E-state index in [0.717, 1.165) is 10.9 Å². The molecule has 0 amide bonds. The molecular formula is C13H12N6OS. The van der Waals surface area contributed by atoms with E-state index in [9.17, 15) is 4.79 Å². The third kappa shape index (κ3) is 2.86. The van der Waals surface area contributed by atoms with Crippen LogP contribution in [0.1, 0.15) is 5.69 Å². The average molecular weight is 300 g/mol. The van der Waals surface area contributed by atoms with Crippen molar-refractivity contribution in [3.05, 3.63) is 46.4 Å². The van der Waals surface area contributed by atoms with Crippen molar-refractivity contribution in [3.63, 3.8) is 0 Å². The van der Waals surface area contributed by atoms with Crippen molar-refractivity contribution < 1.29 is 0 Å². The third-order valence-electron chi connectivity index (χ3n) is 2.74. The number of hydrogen-bond donors (Lipinski definition) is 3. The van der Waals surface area contributed by atoms with Gasteiger partial charge in [0.2, 0.25) is 5.95 Å². The minimum atomic E-state index is -0.194. The second-order valence-electron chi connectivity index (χ2n) is 4.31. The zero-order valence-corrected chi connectivity index (χ0v) is 11.9. The molecule has 0 atom stereocenters. The zero-order chi connectivity index (χ0) is 14.8. The van der Waals surface area contributed by atoms with Gasteiger partial charge in [0.15, 0.2) is 5.16 Å². The molecule has 0 aliphatic carbocycles. The van der Waals surface area contributed by atoms with Crippen molar-refractivity contribution in [2.24, 2.45) is 5.84 Å². The van der Waals surface area contributed by atoms with Gasteiger partial charge in [0.1, 0.15) is 5.03 Å². The first-order valence-corrected chi connectivity index (χ1v) is 6.96. The SMILES string of the molecule is Cc1cc(=O)[nH]c(Sc2nc(NN)nc3ccccc23)n1. The molecule has 0 fully saturated rings. The number of para-hydroxylation sites is 1. The van der Waals surface area contributed by atoms with Crippen LogP contribution in [-0.2, 0) is 0 Å². The van der Waals surface area contributed by atoms with E-state index in [0.29, 0.717) is 21.8 Å². The van der Waals surface area contributed by atoms with Crippen LogP contribution in [0.5, 0.6) is 0 Å². The van der Waals surface area contributed by atoms with E-state index in [-0.39, 0.29) is 5.56 Å². The van der Waals surface area contributed by atoms with Gasteiger partial charge in [-0.1, -0.05) is 18.2 Å². The molecule has 106 valence electrons. The van der Waals surface area contributed by atoms with E-state index in [1.807, 2.05) is 24.3 Å². The molecule has 0 bridgehead atoms. The summed E-state index contributed by atoms with van der Waals surface area (Å²) in [5.74, 6) is 5.70. The second-order valence-corrected chi connectivity index (χ2v) is 5.29. The number of aromatic amines is 1. The largest absolute Gasteiger partial charge is 0.301 e. The fourth-order valence-electron chi connectivity index (χ4n) is 1.88. The van der Waals surface area contributed by atoms with Crippen molar-refractivity contribution in [2.45, 2.75) is 17.1 Å². The Bertz CT molecular complexity index is 863. The van der Waals surface area contributed by atoms with Crippen LogP contribution < -0.4 is 16.8 Å². The van der Waals surface area contributed by atoms with E-state index in [1.165, 1.54) is 17.8 Å². The van der Waals surface area contributed by atoms with Gasteiger partial charge in [-0.15, -0.1) is 0 Å². The molecule has 7 nitrogen and oxygen atoms in total. The summed E-state index contributed by atoms with van der Waals surface area (Å²) in [5, 5.41) is 2.01. The molecule has 1 aromatic carbocycles. The topological polar surface area (TPSA) is 110 Å². The monoisotopic (exact) mass is 300 g/mol. The highest BCUT2D eigenvalue weighted by molar-refractivity contribution is 7.99. The minimum Gasteiger partial charge on any atom is -0.301 e. The minimum absolute atomic E-state index is 0.194. The lowest BCUT2D eigenvalue weighted by atomic mass is 10.2. The smallest absolute Gasteiger partial charge is 0.251 e. The van der Waals surface area contributed by atoms with Crippen molar-refractivity contribution >= 4 is 28.6 Å². The van der Waals surface area contributed by atoms with E-state index >= 15 is 0 Å². The number of anilines is 1. The first-order chi connectivity index (χ1) is 10.2. The molecule has 3 aromatic rings. The Morgan fingerprint density at radius 3 is 2.81 bits per heavy atom. The highest BCUT2D eigenvalue weighted by Gasteiger charge is 2.10. The number of nitrogens with one attached hydrogen (secondary N) is 2. The Labute approximate surface area is 124 Å². The van der Waals surface area contributed by atoms with E-state index in [4.69, 9.17) is 5.84 Å². The van der Waals surface area contributed by atoms with Gasteiger partial charge in [-0.25, -0.2) is 20.8 Å². The van der Waals surface area contributed by atoms with Gasteiger partial charge >= 0.3 is 0 Å². The van der Waals surface area contributed by atoms with Crippen LogP contribution in [0.2, 0.25) is 0 Å². The van der Waals surface area contributed by atoms with E-state index in [2.05, 4.69) is 25.4 Å². The number of nitrogen functional groups attached to an aromatic ring is 1. The molecule has 8 heteroatoms. The number of hydrogen-bond acceptors (Lipinski definition) is 7. The number of aryl methyl sites for hydroxylation is 1. The predicted molar refractivity (Wildman–Crippen MR) is 81.1 cm³/mol. The maximum atomic E-state index is 11.5. The van der Waals surface area contributed by atoms with E-state index in [1.54, 1.807) is 6.92 Å². The number of fused-ring (bicyclic) bond motifs is 1. The summed E-state index contributed by atoms with van der Waals surface area (Å²) in [5.41, 5.74) is 3.66. The Kier molecular flexibility index (Phi) is 3.55. The Morgan fingerprint density at radius 1 is 1.24 bits per heavy atom. The first kappa shape index (κ1) is 13.5. The van der Waals surface area contributed by atoms with Crippen LogP contribution in [0.4, 0.5) is 5.95 Å². The lowest BCUT2D eigenvalue weighted by Crippen LogP contribution is -2.11. The van der Waals surface area contributed by atoms with Crippen LogP contribution >= 0.6 is 11.8 Å². The number of nitrogens with zero attached hydrogens (tertiary/aromatic N) is 3. The van der Waals surface area contributed by atoms with Gasteiger partial charge in [-0.3, -0.25) is 10.2 Å². The molecule has 0 radical (unpaired) electrons. The molecule has 0 aliphatic heterocycles. The molecule has 0 spiro atoms. The third-order valence-corrected chi connectivity index (χ3v) is 3.63. The predicted octanol–water partition coefficient (Wildman–Crippen LogP) is 1.46. The van der Waals surface area contributed by atoms with Gasteiger partial charge in [-0.2, -0.15) is 0 Å². The number of aromatic nitrogens is 4. The maximum Gasteiger partial charge on any atom is 0.251 e. The van der Waals surface area contributed by atoms with Crippen LogP contribution in [0.3, 0.4) is 0 Å². The fraction of sp³-hybridized carbons (Fsp3) is 0.0769. The van der Waals surface area contributed by atoms with Crippen LogP contribution in [0.25, 0.3) is 10.9 Å². The quantitative estimate of drug-likeness (QED) is 0.291. The molecule has 0 aliphatic rings. The average Bonchev–Trinajstić information content (AvgIpc) is 2.46. The van der Waals surface area contributed by atoms with Crippen molar-refractivity contribution in [1.82, 2.24) is 19.9 Å². The van der Waals surface area contributed by atoms with E-state index < -0.39 is 0 Å². The number of rotatable bonds is 3. The van der Waals surface area contributed by atoms with Gasteiger partial charge in [0, 0.05) is 17.1 Å². The number of benzene rings is 1. The standard InChI is InChI=1S/C13H12N6OS/c1-7-6-10(20)17-13(15-7)21-11-8-4-2-3-5-9(8)16-12(18-11)19-14/h2-6H,14H2,1H3,(H,15,17,20)(H,16,18,19). The summed E-state index contributed by atoms with van der Waals surface area (Å²) in [7, 11) is 0. The van der Waals surface area contributed by atoms with Crippen LogP contribution in [0, 0.1) is 6.92 Å². The molecule has 0 saturated heterocycles. The molecule has 21 heavy (non-hydrogen) atoms. The molecule has 2 aromatic heterocycles. The normalized spacial score (nSPS) is 10.8. The highest BCUT2D eigenvalue weighted by atomic mass is 32.2.